The molecule has 0 bridgehead atoms. The molecular weight excluding hydrogens is 192 g/mol. The largest absolute Gasteiger partial charge is 0.0654 e. The Hall–Kier alpha value is -1.30. The lowest BCUT2D eigenvalue weighted by atomic mass is 10.0. The normalized spacial score (nSPS) is 10.9. The highest BCUT2D eigenvalue weighted by molar-refractivity contribution is 5.83. The van der Waals surface area contributed by atoms with Gasteiger partial charge in [-0.05, 0) is 36.1 Å². The molecule has 0 atom stereocenters. The van der Waals surface area contributed by atoms with Gasteiger partial charge in [0.15, 0.2) is 0 Å². The summed E-state index contributed by atoms with van der Waals surface area (Å²) >= 11 is 0. The number of rotatable bonds is 4. The minimum Gasteiger partial charge on any atom is -0.0654 e. The van der Waals surface area contributed by atoms with Gasteiger partial charge in [-0.15, -0.1) is 0 Å². The minimum atomic E-state index is 1.22. The first-order chi connectivity index (χ1) is 7.79. The van der Waals surface area contributed by atoms with Crippen molar-refractivity contribution in [1.29, 1.82) is 0 Å². The molecular formula is C16H20. The highest BCUT2D eigenvalue weighted by atomic mass is 14.0. The average Bonchev–Trinajstić information content (AvgIpc) is 2.29. The van der Waals surface area contributed by atoms with Crippen molar-refractivity contribution in [3.05, 3.63) is 47.5 Å². The van der Waals surface area contributed by atoms with E-state index in [0.29, 0.717) is 0 Å². The Morgan fingerprint density at radius 3 is 2.44 bits per heavy atom. The molecule has 0 heteroatoms. The molecule has 0 radical (unpaired) electrons. The van der Waals surface area contributed by atoms with Gasteiger partial charge >= 0.3 is 0 Å². The zero-order chi connectivity index (χ0) is 11.4. The standard InChI is InChI=1S/C16H20/c1-3-4-5-6-14-8-10-15-11-13(2)7-9-16(15)12-14/h7-12H,3-6H2,1-2H3. The predicted molar refractivity (Wildman–Crippen MR) is 71.9 cm³/mol. The van der Waals surface area contributed by atoms with Crippen LogP contribution in [0.2, 0.25) is 0 Å². The maximum absolute atomic E-state index is 2.34. The van der Waals surface area contributed by atoms with Gasteiger partial charge in [-0.25, -0.2) is 0 Å². The van der Waals surface area contributed by atoms with Crippen LogP contribution in [0.1, 0.15) is 37.3 Å². The van der Waals surface area contributed by atoms with Gasteiger partial charge in [0.05, 0.1) is 0 Å². The summed E-state index contributed by atoms with van der Waals surface area (Å²) in [4.78, 5) is 0. The van der Waals surface area contributed by atoms with Gasteiger partial charge in [-0.2, -0.15) is 0 Å². The summed E-state index contributed by atoms with van der Waals surface area (Å²) in [5.74, 6) is 0. The van der Waals surface area contributed by atoms with Crippen molar-refractivity contribution in [2.45, 2.75) is 39.5 Å². The predicted octanol–water partition coefficient (Wildman–Crippen LogP) is 4.88. The molecule has 0 aromatic heterocycles. The number of fused-ring (bicyclic) bond motifs is 1. The van der Waals surface area contributed by atoms with Crippen molar-refractivity contribution in [3.63, 3.8) is 0 Å². The van der Waals surface area contributed by atoms with E-state index in [1.807, 2.05) is 0 Å². The van der Waals surface area contributed by atoms with Crippen LogP contribution in [-0.2, 0) is 6.42 Å². The van der Waals surface area contributed by atoms with Gasteiger partial charge in [-0.1, -0.05) is 61.7 Å². The number of hydrogen-bond acceptors (Lipinski definition) is 0. The van der Waals surface area contributed by atoms with Crippen molar-refractivity contribution < 1.29 is 0 Å². The first-order valence-electron chi connectivity index (χ1n) is 6.29. The second-order valence-corrected chi connectivity index (χ2v) is 4.64. The molecule has 0 aliphatic carbocycles. The van der Waals surface area contributed by atoms with Crippen LogP contribution in [0.5, 0.6) is 0 Å². The van der Waals surface area contributed by atoms with Crippen molar-refractivity contribution in [2.75, 3.05) is 0 Å². The second-order valence-electron chi connectivity index (χ2n) is 4.64. The fourth-order valence-electron chi connectivity index (χ4n) is 2.15. The van der Waals surface area contributed by atoms with Gasteiger partial charge in [0.25, 0.3) is 0 Å². The van der Waals surface area contributed by atoms with E-state index in [1.165, 1.54) is 47.6 Å². The molecule has 0 nitrogen and oxygen atoms in total. The van der Waals surface area contributed by atoms with Gasteiger partial charge < -0.3 is 0 Å². The molecule has 0 aliphatic heterocycles. The van der Waals surface area contributed by atoms with Gasteiger partial charge in [-0.3, -0.25) is 0 Å². The lowest BCUT2D eigenvalue weighted by Gasteiger charge is -2.04. The first-order valence-corrected chi connectivity index (χ1v) is 6.29. The van der Waals surface area contributed by atoms with E-state index in [2.05, 4.69) is 50.2 Å². The Balaban J connectivity index is 2.20. The van der Waals surface area contributed by atoms with Crippen LogP contribution < -0.4 is 0 Å². The number of aryl methyl sites for hydroxylation is 2. The van der Waals surface area contributed by atoms with Crippen LogP contribution in [0.25, 0.3) is 10.8 Å². The second kappa shape index (κ2) is 5.16. The molecule has 0 fully saturated rings. The van der Waals surface area contributed by atoms with Crippen LogP contribution in [-0.4, -0.2) is 0 Å². The lowest BCUT2D eigenvalue weighted by molar-refractivity contribution is 0.718. The smallest absolute Gasteiger partial charge is 0.0181 e. The molecule has 0 saturated heterocycles. The Kier molecular flexibility index (Phi) is 3.61. The van der Waals surface area contributed by atoms with E-state index in [0.717, 1.165) is 0 Å². The molecule has 0 spiro atoms. The maximum atomic E-state index is 2.34. The Morgan fingerprint density at radius 2 is 1.62 bits per heavy atom. The molecule has 2 rings (SSSR count). The van der Waals surface area contributed by atoms with E-state index in [-0.39, 0.29) is 0 Å². The molecule has 0 N–H and O–H groups in total. The molecule has 0 amide bonds. The zero-order valence-corrected chi connectivity index (χ0v) is 10.3. The maximum Gasteiger partial charge on any atom is -0.0181 e. The van der Waals surface area contributed by atoms with Crippen LogP contribution in [0, 0.1) is 6.92 Å². The van der Waals surface area contributed by atoms with Gasteiger partial charge in [0, 0.05) is 0 Å². The van der Waals surface area contributed by atoms with Crippen molar-refractivity contribution in [1.82, 2.24) is 0 Å². The monoisotopic (exact) mass is 212 g/mol. The quantitative estimate of drug-likeness (QED) is 0.633. The Morgan fingerprint density at radius 1 is 0.875 bits per heavy atom. The topological polar surface area (TPSA) is 0 Å². The highest BCUT2D eigenvalue weighted by Crippen LogP contribution is 2.18. The van der Waals surface area contributed by atoms with E-state index in [9.17, 15) is 0 Å². The zero-order valence-electron chi connectivity index (χ0n) is 10.3. The van der Waals surface area contributed by atoms with E-state index >= 15 is 0 Å². The third-order valence-corrected chi connectivity index (χ3v) is 3.13. The Labute approximate surface area is 98.3 Å². The molecule has 0 heterocycles. The van der Waals surface area contributed by atoms with Crippen LogP contribution >= 0.6 is 0 Å². The van der Waals surface area contributed by atoms with Crippen LogP contribution in [0.4, 0.5) is 0 Å². The number of benzene rings is 2. The van der Waals surface area contributed by atoms with E-state index in [4.69, 9.17) is 0 Å². The SMILES string of the molecule is CCCCCc1ccc2cc(C)ccc2c1. The Bertz CT molecular complexity index is 468. The summed E-state index contributed by atoms with van der Waals surface area (Å²) in [7, 11) is 0. The summed E-state index contributed by atoms with van der Waals surface area (Å²) in [5, 5.41) is 2.74. The average molecular weight is 212 g/mol. The summed E-state index contributed by atoms with van der Waals surface area (Å²) in [6, 6.07) is 13.5. The molecule has 2 aromatic rings. The fourth-order valence-corrected chi connectivity index (χ4v) is 2.15. The lowest BCUT2D eigenvalue weighted by Crippen LogP contribution is -1.86. The number of hydrogen-bond donors (Lipinski definition) is 0. The summed E-state index contributed by atoms with van der Waals surface area (Å²) in [6.45, 7) is 4.40. The first kappa shape index (κ1) is 11.2. The van der Waals surface area contributed by atoms with Gasteiger partial charge in [0.1, 0.15) is 0 Å². The van der Waals surface area contributed by atoms with Crippen LogP contribution in [0.3, 0.4) is 0 Å². The molecule has 0 unspecified atom stereocenters. The summed E-state index contributed by atoms with van der Waals surface area (Å²) < 4.78 is 0. The van der Waals surface area contributed by atoms with Crippen molar-refractivity contribution >= 4 is 10.8 Å². The van der Waals surface area contributed by atoms with Crippen molar-refractivity contribution in [3.8, 4) is 0 Å². The van der Waals surface area contributed by atoms with Crippen molar-refractivity contribution in [2.24, 2.45) is 0 Å². The molecule has 0 saturated carbocycles. The summed E-state index contributed by atoms with van der Waals surface area (Å²) in [5.41, 5.74) is 2.82. The van der Waals surface area contributed by atoms with Crippen LogP contribution in [0.15, 0.2) is 36.4 Å². The van der Waals surface area contributed by atoms with E-state index < -0.39 is 0 Å². The summed E-state index contributed by atoms with van der Waals surface area (Å²) in [6.07, 6.45) is 5.17. The minimum absolute atomic E-state index is 1.22. The molecule has 2 aromatic carbocycles. The highest BCUT2D eigenvalue weighted by Gasteiger charge is 1.97. The molecule has 84 valence electrons. The number of unbranched alkanes of at least 4 members (excludes halogenated alkanes) is 2. The van der Waals surface area contributed by atoms with E-state index in [1.54, 1.807) is 0 Å². The third-order valence-electron chi connectivity index (χ3n) is 3.13. The molecule has 16 heavy (non-hydrogen) atoms. The fraction of sp³-hybridized carbons (Fsp3) is 0.375. The molecule has 0 aliphatic rings. The third kappa shape index (κ3) is 2.63. The van der Waals surface area contributed by atoms with Gasteiger partial charge in [0.2, 0.25) is 0 Å².